The average Bonchev–Trinajstić information content (AvgIpc) is 1.36. The molecule has 2 nitrogen and oxygen atoms in total. The van der Waals surface area contributed by atoms with Gasteiger partial charge < -0.3 is 9.90 Å². The van der Waals surface area contributed by atoms with Crippen molar-refractivity contribution < 1.29 is 29.4 Å². The molecule has 0 saturated heterocycles. The van der Waals surface area contributed by atoms with Gasteiger partial charge in [-0.1, -0.05) is 6.92 Å². The van der Waals surface area contributed by atoms with Crippen LogP contribution in [-0.4, -0.2) is 11.1 Å². The number of rotatable bonds is 1. The Morgan fingerprint density at radius 1 is 1.71 bits per heavy atom. The van der Waals surface area contributed by atoms with Crippen LogP contribution in [0, 0.1) is 6.58 Å². The molecule has 0 unspecified atom stereocenters. The molecule has 0 saturated carbocycles. The fourth-order valence-electron chi connectivity index (χ4n) is 0. The van der Waals surface area contributed by atoms with E-state index < -0.39 is 5.97 Å². The molecule has 0 rings (SSSR count). The van der Waals surface area contributed by atoms with Crippen LogP contribution in [-0.2, 0) is 24.3 Å². The largest absolute Gasteiger partial charge is 0.562 e. The summed E-state index contributed by atoms with van der Waals surface area (Å²) >= 11 is 0. The summed E-state index contributed by atoms with van der Waals surface area (Å²) in [5.41, 5.74) is -0.0741. The summed E-state index contributed by atoms with van der Waals surface area (Å²) in [6, 6.07) is 0. The summed E-state index contributed by atoms with van der Waals surface area (Å²) in [5, 5.41) is 7.83. The molecule has 0 aliphatic heterocycles. The molecule has 0 aliphatic carbocycles. The van der Waals surface area contributed by atoms with Gasteiger partial charge in [-0.3, -0.25) is 6.58 Å². The molecular weight excluding hydrogens is 145 g/mol. The number of carboxylic acid groups (broad SMARTS) is 1. The molecule has 36 valence electrons. The summed E-state index contributed by atoms with van der Waals surface area (Å²) in [5.74, 6) is -1.05. The van der Waals surface area contributed by atoms with E-state index in [2.05, 4.69) is 0 Å². The predicted octanol–water partition coefficient (Wildman–Crippen LogP) is 0.448. The van der Waals surface area contributed by atoms with Gasteiger partial charge in [0, 0.05) is 19.5 Å². The van der Waals surface area contributed by atoms with E-state index in [-0.39, 0.29) is 25.1 Å². The molecule has 0 aromatic rings. The van der Waals surface area contributed by atoms with E-state index in [9.17, 15) is 4.79 Å². The van der Waals surface area contributed by atoms with Crippen molar-refractivity contribution in [2.24, 2.45) is 0 Å². The molecule has 3 heteroatoms. The van der Waals surface area contributed by atoms with E-state index in [1.165, 1.54) is 6.92 Å². The zero-order valence-corrected chi connectivity index (χ0v) is 7.11. The molecule has 7 heavy (non-hydrogen) atoms. The monoisotopic (exact) mass is 149 g/mol. The van der Waals surface area contributed by atoms with Gasteiger partial charge in [-0.15, -0.1) is 5.57 Å². The minimum Gasteiger partial charge on any atom is -0.562 e. The van der Waals surface area contributed by atoms with Crippen molar-refractivity contribution in [2.45, 2.75) is 6.92 Å². The van der Waals surface area contributed by atoms with Gasteiger partial charge in [0.15, 0.2) is 5.97 Å². The number of carbonyl (C=O) groups is 1. The van der Waals surface area contributed by atoms with Gasteiger partial charge in [0.25, 0.3) is 0 Å². The molecule has 0 aromatic carbocycles. The van der Waals surface area contributed by atoms with E-state index >= 15 is 0 Å². The van der Waals surface area contributed by atoms with Gasteiger partial charge in [0.2, 0.25) is 0 Å². The Bertz CT molecular complexity index is 75.7. The Hall–Kier alpha value is -0.167. The van der Waals surface area contributed by atoms with E-state index in [0.29, 0.717) is 0 Å². The third kappa shape index (κ3) is 5.83. The second-order valence-corrected chi connectivity index (χ2v) is 0.988. The van der Waals surface area contributed by atoms with Crippen molar-refractivity contribution in [1.82, 2.24) is 0 Å². The second kappa shape index (κ2) is 4.00. The second-order valence-electron chi connectivity index (χ2n) is 0.988. The van der Waals surface area contributed by atoms with Gasteiger partial charge >= 0.3 is 0 Å². The molecule has 0 bridgehead atoms. The smallest absolute Gasteiger partial charge is 0.168 e. The molecule has 0 radical (unpaired) electrons. The van der Waals surface area contributed by atoms with Gasteiger partial charge in [0.1, 0.15) is 0 Å². The zero-order valence-electron chi connectivity index (χ0n) is 4.14. The Balaban J connectivity index is 0. The standard InChI is InChI=1S/C4H5O2.Zn/c1-3(2)4(5)6;/h1H,2H3,(H,5,6);/q-1;. The maximum Gasteiger partial charge on any atom is 0.168 e. The van der Waals surface area contributed by atoms with Crippen LogP contribution < -0.4 is 0 Å². The molecule has 0 aliphatic rings. The molecule has 0 aromatic heterocycles. The van der Waals surface area contributed by atoms with Crippen molar-refractivity contribution >= 4 is 5.97 Å². The summed E-state index contributed by atoms with van der Waals surface area (Å²) in [6.07, 6.45) is 0. The van der Waals surface area contributed by atoms with Crippen LogP contribution in [0.5, 0.6) is 0 Å². The molecule has 0 spiro atoms. The fraction of sp³-hybridized carbons (Fsp3) is 0.250. The SMILES string of the molecule is [CH-]=C(C)C(=O)O.[Zn]. The van der Waals surface area contributed by atoms with Crippen LogP contribution in [0.2, 0.25) is 0 Å². The summed E-state index contributed by atoms with van der Waals surface area (Å²) in [7, 11) is 0. The molecule has 0 fully saturated rings. The van der Waals surface area contributed by atoms with Crippen LogP contribution in [0.15, 0.2) is 5.57 Å². The fourth-order valence-corrected chi connectivity index (χ4v) is 0. The number of hydrogen-bond acceptors (Lipinski definition) is 1. The number of aliphatic carboxylic acids is 1. The summed E-state index contributed by atoms with van der Waals surface area (Å²) in [4.78, 5) is 9.54. The molecule has 0 heterocycles. The van der Waals surface area contributed by atoms with Gasteiger partial charge in [-0.25, -0.2) is 0 Å². The van der Waals surface area contributed by atoms with E-state index in [1.807, 2.05) is 0 Å². The third-order valence-electron chi connectivity index (χ3n) is 0.337. The maximum absolute atomic E-state index is 9.54. The van der Waals surface area contributed by atoms with Gasteiger partial charge in [-0.05, 0) is 0 Å². The average molecular weight is 150 g/mol. The first kappa shape index (κ1) is 9.95. The first-order valence-corrected chi connectivity index (χ1v) is 1.47. The van der Waals surface area contributed by atoms with Gasteiger partial charge in [0.05, 0.1) is 0 Å². The Morgan fingerprint density at radius 3 is 1.86 bits per heavy atom. The van der Waals surface area contributed by atoms with E-state index in [4.69, 9.17) is 11.7 Å². The summed E-state index contributed by atoms with van der Waals surface area (Å²) < 4.78 is 0. The first-order chi connectivity index (χ1) is 2.64. The van der Waals surface area contributed by atoms with Crippen LogP contribution in [0.1, 0.15) is 6.92 Å². The van der Waals surface area contributed by atoms with Crippen molar-refractivity contribution in [3.8, 4) is 0 Å². The maximum atomic E-state index is 9.54. The Kier molecular flexibility index (Phi) is 5.69. The number of hydrogen-bond donors (Lipinski definition) is 1. The quantitative estimate of drug-likeness (QED) is 0.335. The van der Waals surface area contributed by atoms with Gasteiger partial charge in [-0.2, -0.15) is 0 Å². The van der Waals surface area contributed by atoms with Crippen molar-refractivity contribution in [1.29, 1.82) is 0 Å². The van der Waals surface area contributed by atoms with Crippen molar-refractivity contribution in [3.05, 3.63) is 12.2 Å². The Morgan fingerprint density at radius 2 is 1.86 bits per heavy atom. The summed E-state index contributed by atoms with van der Waals surface area (Å²) in [6.45, 7) is 6.09. The molecule has 0 amide bonds. The normalized spacial score (nSPS) is 6.43. The van der Waals surface area contributed by atoms with E-state index in [0.717, 1.165) is 0 Å². The van der Waals surface area contributed by atoms with Crippen molar-refractivity contribution in [2.75, 3.05) is 0 Å². The van der Waals surface area contributed by atoms with Crippen LogP contribution in [0.4, 0.5) is 0 Å². The zero-order chi connectivity index (χ0) is 5.15. The third-order valence-corrected chi connectivity index (χ3v) is 0.337. The predicted molar refractivity (Wildman–Crippen MR) is 21.1 cm³/mol. The van der Waals surface area contributed by atoms with E-state index in [1.54, 1.807) is 0 Å². The molecular formula is C4H5O2Zn-. The minimum atomic E-state index is -1.05. The molecule has 0 atom stereocenters. The molecule has 1 N–H and O–H groups in total. The Labute approximate surface area is 55.0 Å². The minimum absolute atomic E-state index is 0. The first-order valence-electron chi connectivity index (χ1n) is 1.47. The topological polar surface area (TPSA) is 37.3 Å². The van der Waals surface area contributed by atoms with Crippen LogP contribution in [0.3, 0.4) is 0 Å². The van der Waals surface area contributed by atoms with Crippen molar-refractivity contribution in [3.63, 3.8) is 0 Å². The van der Waals surface area contributed by atoms with Crippen LogP contribution >= 0.6 is 0 Å². The van der Waals surface area contributed by atoms with Crippen LogP contribution in [0.25, 0.3) is 0 Å². The number of carboxylic acids is 1.